The quantitative estimate of drug-likeness (QED) is 0.769. The van der Waals surface area contributed by atoms with Gasteiger partial charge in [0.25, 0.3) is 0 Å². The highest BCUT2D eigenvalue weighted by Crippen LogP contribution is 2.37. The Hall–Kier alpha value is -1.76. The van der Waals surface area contributed by atoms with Crippen molar-refractivity contribution in [2.45, 2.75) is 50.4 Å². The summed E-state index contributed by atoms with van der Waals surface area (Å²) in [6, 6.07) is 8.73. The smallest absolute Gasteiger partial charge is 0.391 e. The van der Waals surface area contributed by atoms with Crippen LogP contribution in [0, 0.1) is 5.92 Å². The summed E-state index contributed by atoms with van der Waals surface area (Å²) < 4.78 is 37.8. The van der Waals surface area contributed by atoms with Gasteiger partial charge in [0.2, 0.25) is 0 Å². The first-order chi connectivity index (χ1) is 11.3. The number of amides is 2. The third kappa shape index (κ3) is 6.03. The van der Waals surface area contributed by atoms with Crippen LogP contribution in [0.3, 0.4) is 0 Å². The van der Waals surface area contributed by atoms with Gasteiger partial charge >= 0.3 is 12.2 Å². The minimum absolute atomic E-state index is 0.0467. The second kappa shape index (κ2) is 8.37. The largest absolute Gasteiger partial charge is 0.391 e. The molecule has 1 aliphatic rings. The van der Waals surface area contributed by atoms with E-state index in [0.717, 1.165) is 5.56 Å². The number of hydrogen-bond acceptors (Lipinski definition) is 2. The fraction of sp³-hybridized carbons (Fsp3) is 0.588. The van der Waals surface area contributed by atoms with Crippen molar-refractivity contribution >= 4 is 6.03 Å². The summed E-state index contributed by atoms with van der Waals surface area (Å²) in [6.45, 7) is 0.0959. The van der Waals surface area contributed by atoms with Crippen LogP contribution < -0.4 is 10.6 Å². The highest BCUT2D eigenvalue weighted by atomic mass is 19.4. The normalized spacial score (nSPS) is 22.7. The lowest BCUT2D eigenvalue weighted by molar-refractivity contribution is -0.182. The van der Waals surface area contributed by atoms with Crippen LogP contribution in [0.5, 0.6) is 0 Å². The molecule has 1 fully saturated rings. The highest BCUT2D eigenvalue weighted by molar-refractivity contribution is 5.74. The van der Waals surface area contributed by atoms with Crippen LogP contribution in [-0.4, -0.2) is 36.0 Å². The Bertz CT molecular complexity index is 514. The summed E-state index contributed by atoms with van der Waals surface area (Å²) in [7, 11) is 0. The lowest BCUT2D eigenvalue weighted by Crippen LogP contribution is -2.46. The number of nitrogens with one attached hydrogen (secondary N) is 2. The van der Waals surface area contributed by atoms with Crippen molar-refractivity contribution in [3.8, 4) is 0 Å². The molecule has 1 saturated carbocycles. The number of rotatable bonds is 5. The zero-order valence-electron chi connectivity index (χ0n) is 13.4. The SMILES string of the molecule is O=C(NCC(O)Cc1ccccc1)NC1CCC(C(F)(F)F)CC1. The minimum atomic E-state index is -4.14. The second-order valence-corrected chi connectivity index (χ2v) is 6.29. The topological polar surface area (TPSA) is 61.4 Å². The monoisotopic (exact) mass is 344 g/mol. The average Bonchev–Trinajstić information content (AvgIpc) is 2.53. The van der Waals surface area contributed by atoms with E-state index in [-0.39, 0.29) is 25.4 Å². The molecule has 1 aromatic rings. The van der Waals surface area contributed by atoms with Crippen molar-refractivity contribution in [2.24, 2.45) is 5.92 Å². The van der Waals surface area contributed by atoms with Gasteiger partial charge in [-0.2, -0.15) is 13.2 Å². The number of urea groups is 1. The molecule has 0 spiro atoms. The molecule has 7 heteroatoms. The molecule has 0 bridgehead atoms. The van der Waals surface area contributed by atoms with Gasteiger partial charge in [-0.1, -0.05) is 30.3 Å². The van der Waals surface area contributed by atoms with Crippen LogP contribution in [-0.2, 0) is 6.42 Å². The third-order valence-corrected chi connectivity index (χ3v) is 4.34. The molecule has 24 heavy (non-hydrogen) atoms. The number of aliphatic hydroxyl groups is 1. The molecule has 0 saturated heterocycles. The molecule has 1 unspecified atom stereocenters. The van der Waals surface area contributed by atoms with Gasteiger partial charge in [-0.25, -0.2) is 4.79 Å². The van der Waals surface area contributed by atoms with E-state index in [2.05, 4.69) is 10.6 Å². The Balaban J connectivity index is 1.65. The molecule has 0 aromatic heterocycles. The Kier molecular flexibility index (Phi) is 6.48. The lowest BCUT2D eigenvalue weighted by Gasteiger charge is -2.30. The van der Waals surface area contributed by atoms with E-state index in [9.17, 15) is 23.1 Å². The summed E-state index contributed by atoms with van der Waals surface area (Å²) in [6.07, 6.45) is -3.68. The fourth-order valence-electron chi connectivity index (χ4n) is 2.97. The molecular formula is C17H23F3N2O2. The Morgan fingerprint density at radius 2 is 1.79 bits per heavy atom. The number of aliphatic hydroxyl groups excluding tert-OH is 1. The zero-order valence-corrected chi connectivity index (χ0v) is 13.4. The minimum Gasteiger partial charge on any atom is -0.391 e. The number of alkyl halides is 3. The van der Waals surface area contributed by atoms with Gasteiger partial charge in [-0.05, 0) is 31.2 Å². The second-order valence-electron chi connectivity index (χ2n) is 6.29. The van der Waals surface area contributed by atoms with Crippen LogP contribution in [0.15, 0.2) is 30.3 Å². The van der Waals surface area contributed by atoms with Crippen LogP contribution >= 0.6 is 0 Å². The summed E-state index contributed by atoms with van der Waals surface area (Å²) in [5.74, 6) is -1.26. The molecular weight excluding hydrogens is 321 g/mol. The molecule has 1 aliphatic carbocycles. The van der Waals surface area contributed by atoms with Crippen molar-refractivity contribution in [3.63, 3.8) is 0 Å². The van der Waals surface area contributed by atoms with Crippen molar-refractivity contribution in [2.75, 3.05) is 6.54 Å². The van der Waals surface area contributed by atoms with E-state index in [4.69, 9.17) is 0 Å². The van der Waals surface area contributed by atoms with Gasteiger partial charge in [0.15, 0.2) is 0 Å². The summed E-state index contributed by atoms with van der Waals surface area (Å²) in [5, 5.41) is 15.2. The first-order valence-electron chi connectivity index (χ1n) is 8.17. The van der Waals surface area contributed by atoms with E-state index in [1.54, 1.807) is 0 Å². The first-order valence-corrected chi connectivity index (χ1v) is 8.17. The number of halogens is 3. The van der Waals surface area contributed by atoms with Gasteiger partial charge in [-0.15, -0.1) is 0 Å². The van der Waals surface area contributed by atoms with Gasteiger partial charge in [0.05, 0.1) is 12.0 Å². The van der Waals surface area contributed by atoms with Crippen LogP contribution in [0.4, 0.5) is 18.0 Å². The van der Waals surface area contributed by atoms with Gasteiger partial charge < -0.3 is 15.7 Å². The Labute approximate surface area is 139 Å². The predicted octanol–water partition coefficient (Wildman–Crippen LogP) is 3.01. The Morgan fingerprint density at radius 1 is 1.17 bits per heavy atom. The molecule has 2 rings (SSSR count). The van der Waals surface area contributed by atoms with Crippen molar-refractivity contribution in [3.05, 3.63) is 35.9 Å². The van der Waals surface area contributed by atoms with Gasteiger partial charge in [-0.3, -0.25) is 0 Å². The summed E-state index contributed by atoms with van der Waals surface area (Å²) in [4.78, 5) is 11.8. The van der Waals surface area contributed by atoms with Crippen molar-refractivity contribution in [1.29, 1.82) is 0 Å². The number of carbonyl (C=O) groups excluding carboxylic acids is 1. The number of benzene rings is 1. The molecule has 0 heterocycles. The third-order valence-electron chi connectivity index (χ3n) is 4.34. The van der Waals surface area contributed by atoms with Crippen LogP contribution in [0.2, 0.25) is 0 Å². The van der Waals surface area contributed by atoms with E-state index >= 15 is 0 Å². The fourth-order valence-corrected chi connectivity index (χ4v) is 2.97. The molecule has 0 aliphatic heterocycles. The molecule has 0 radical (unpaired) electrons. The van der Waals surface area contributed by atoms with E-state index in [1.807, 2.05) is 30.3 Å². The maximum atomic E-state index is 12.6. The zero-order chi connectivity index (χ0) is 17.6. The molecule has 134 valence electrons. The van der Waals surface area contributed by atoms with Crippen molar-refractivity contribution < 1.29 is 23.1 Å². The number of carbonyl (C=O) groups is 1. The molecule has 1 atom stereocenters. The highest BCUT2D eigenvalue weighted by Gasteiger charge is 2.41. The first kappa shape index (κ1) is 18.6. The molecule has 2 amide bonds. The molecule has 1 aromatic carbocycles. The molecule has 3 N–H and O–H groups in total. The van der Waals surface area contributed by atoms with E-state index in [0.29, 0.717) is 19.3 Å². The van der Waals surface area contributed by atoms with Crippen LogP contribution in [0.1, 0.15) is 31.2 Å². The van der Waals surface area contributed by atoms with Gasteiger partial charge in [0.1, 0.15) is 0 Å². The maximum Gasteiger partial charge on any atom is 0.391 e. The van der Waals surface area contributed by atoms with Crippen LogP contribution in [0.25, 0.3) is 0 Å². The standard InChI is InChI=1S/C17H23F3N2O2/c18-17(19,20)13-6-8-14(9-7-13)22-16(24)21-11-15(23)10-12-4-2-1-3-5-12/h1-5,13-15,23H,6-11H2,(H2,21,22,24). The number of hydrogen-bond donors (Lipinski definition) is 3. The molecule has 4 nitrogen and oxygen atoms in total. The summed E-state index contributed by atoms with van der Waals surface area (Å²) >= 11 is 0. The Morgan fingerprint density at radius 3 is 2.38 bits per heavy atom. The van der Waals surface area contributed by atoms with Gasteiger partial charge in [0, 0.05) is 19.0 Å². The average molecular weight is 344 g/mol. The lowest BCUT2D eigenvalue weighted by atomic mass is 9.86. The van der Waals surface area contributed by atoms with Crippen molar-refractivity contribution in [1.82, 2.24) is 10.6 Å². The summed E-state index contributed by atoms with van der Waals surface area (Å²) in [5.41, 5.74) is 0.970. The maximum absolute atomic E-state index is 12.6. The van der Waals surface area contributed by atoms with E-state index in [1.165, 1.54) is 0 Å². The van der Waals surface area contributed by atoms with E-state index < -0.39 is 24.2 Å². The predicted molar refractivity (Wildman–Crippen MR) is 84.5 cm³/mol.